The Labute approximate surface area is 127 Å². The Morgan fingerprint density at radius 1 is 1.24 bits per heavy atom. The van der Waals surface area contributed by atoms with Gasteiger partial charge in [0.15, 0.2) is 0 Å². The van der Waals surface area contributed by atoms with Crippen molar-refractivity contribution in [1.82, 2.24) is 4.90 Å². The van der Waals surface area contributed by atoms with Crippen molar-refractivity contribution >= 4 is 17.5 Å². The SMILES string of the molecule is CCCC(C)C(=O)N(C)CC(=O)Nc1ccccc1CC. The molecule has 4 heteroatoms. The predicted molar refractivity (Wildman–Crippen MR) is 86.2 cm³/mol. The molecule has 21 heavy (non-hydrogen) atoms. The summed E-state index contributed by atoms with van der Waals surface area (Å²) >= 11 is 0. The lowest BCUT2D eigenvalue weighted by Gasteiger charge is -2.21. The summed E-state index contributed by atoms with van der Waals surface area (Å²) in [6.07, 6.45) is 2.68. The summed E-state index contributed by atoms with van der Waals surface area (Å²) in [5, 5.41) is 2.89. The molecule has 0 aliphatic heterocycles. The van der Waals surface area contributed by atoms with E-state index in [1.807, 2.05) is 38.1 Å². The van der Waals surface area contributed by atoms with Gasteiger partial charge in [-0.25, -0.2) is 0 Å². The summed E-state index contributed by atoms with van der Waals surface area (Å²) in [5.41, 5.74) is 1.92. The molecule has 1 unspecified atom stereocenters. The number of rotatable bonds is 7. The molecule has 0 aromatic heterocycles. The third-order valence-corrected chi connectivity index (χ3v) is 3.57. The quantitative estimate of drug-likeness (QED) is 0.839. The van der Waals surface area contributed by atoms with E-state index in [2.05, 4.69) is 12.2 Å². The zero-order chi connectivity index (χ0) is 15.8. The first-order chi connectivity index (χ1) is 9.99. The number of carbonyl (C=O) groups excluding carboxylic acids is 2. The number of aryl methyl sites for hydroxylation is 1. The number of hydrogen-bond donors (Lipinski definition) is 1. The highest BCUT2D eigenvalue weighted by molar-refractivity contribution is 5.95. The summed E-state index contributed by atoms with van der Waals surface area (Å²) in [6, 6.07) is 7.73. The van der Waals surface area contributed by atoms with E-state index in [9.17, 15) is 9.59 Å². The predicted octanol–water partition coefficient (Wildman–Crippen LogP) is 3.08. The molecule has 0 heterocycles. The molecule has 0 saturated carbocycles. The number of amides is 2. The molecule has 1 atom stereocenters. The van der Waals surface area contributed by atoms with Gasteiger partial charge in [0.2, 0.25) is 11.8 Å². The minimum absolute atomic E-state index is 0.0239. The van der Waals surface area contributed by atoms with Gasteiger partial charge in [-0.15, -0.1) is 0 Å². The number of nitrogens with one attached hydrogen (secondary N) is 1. The largest absolute Gasteiger partial charge is 0.336 e. The number of para-hydroxylation sites is 1. The summed E-state index contributed by atoms with van der Waals surface area (Å²) < 4.78 is 0. The van der Waals surface area contributed by atoms with E-state index in [-0.39, 0.29) is 24.3 Å². The van der Waals surface area contributed by atoms with Crippen molar-refractivity contribution in [2.45, 2.75) is 40.0 Å². The minimum atomic E-state index is -0.157. The van der Waals surface area contributed by atoms with Crippen LogP contribution >= 0.6 is 0 Å². The summed E-state index contributed by atoms with van der Waals surface area (Å²) in [7, 11) is 1.68. The van der Waals surface area contributed by atoms with Crippen molar-refractivity contribution in [2.24, 2.45) is 5.92 Å². The third kappa shape index (κ3) is 5.21. The number of anilines is 1. The van der Waals surface area contributed by atoms with Crippen molar-refractivity contribution in [1.29, 1.82) is 0 Å². The van der Waals surface area contributed by atoms with Gasteiger partial charge in [-0.05, 0) is 24.5 Å². The van der Waals surface area contributed by atoms with Crippen LogP contribution in [-0.2, 0) is 16.0 Å². The monoisotopic (exact) mass is 290 g/mol. The van der Waals surface area contributed by atoms with Crippen LogP contribution in [0.3, 0.4) is 0 Å². The van der Waals surface area contributed by atoms with Gasteiger partial charge in [0.05, 0.1) is 6.54 Å². The van der Waals surface area contributed by atoms with Gasteiger partial charge in [-0.2, -0.15) is 0 Å². The second kappa shape index (κ2) is 8.45. The standard InChI is InChI=1S/C17H26N2O2/c1-5-9-13(3)17(21)19(4)12-16(20)18-15-11-8-7-10-14(15)6-2/h7-8,10-11,13H,5-6,9,12H2,1-4H3,(H,18,20). The number of hydrogen-bond acceptors (Lipinski definition) is 2. The van der Waals surface area contributed by atoms with Crippen LogP contribution in [0.15, 0.2) is 24.3 Å². The maximum Gasteiger partial charge on any atom is 0.243 e. The van der Waals surface area contributed by atoms with E-state index in [0.717, 1.165) is 30.5 Å². The zero-order valence-corrected chi connectivity index (χ0v) is 13.5. The fourth-order valence-corrected chi connectivity index (χ4v) is 2.37. The first-order valence-electron chi connectivity index (χ1n) is 7.62. The van der Waals surface area contributed by atoms with Crippen LogP contribution in [0, 0.1) is 5.92 Å². The van der Waals surface area contributed by atoms with Crippen molar-refractivity contribution in [3.63, 3.8) is 0 Å². The van der Waals surface area contributed by atoms with Crippen molar-refractivity contribution in [3.05, 3.63) is 29.8 Å². The van der Waals surface area contributed by atoms with Crippen molar-refractivity contribution in [2.75, 3.05) is 18.9 Å². The molecule has 0 spiro atoms. The fraction of sp³-hybridized carbons (Fsp3) is 0.529. The van der Waals surface area contributed by atoms with Gasteiger partial charge in [-0.3, -0.25) is 9.59 Å². The topological polar surface area (TPSA) is 49.4 Å². The molecule has 1 aromatic carbocycles. The molecule has 0 aliphatic carbocycles. The number of likely N-dealkylation sites (N-methyl/N-ethyl adjacent to an activating group) is 1. The van der Waals surface area contributed by atoms with Crippen molar-refractivity contribution < 1.29 is 9.59 Å². The van der Waals surface area contributed by atoms with Crippen LogP contribution in [0.4, 0.5) is 5.69 Å². The Kier molecular flexibility index (Phi) is 6.92. The van der Waals surface area contributed by atoms with E-state index < -0.39 is 0 Å². The molecule has 0 radical (unpaired) electrons. The number of benzene rings is 1. The molecule has 1 aromatic rings. The van der Waals surface area contributed by atoms with E-state index in [1.165, 1.54) is 4.90 Å². The molecular formula is C17H26N2O2. The van der Waals surface area contributed by atoms with Gasteiger partial charge in [0.1, 0.15) is 0 Å². The Balaban J connectivity index is 2.59. The van der Waals surface area contributed by atoms with Gasteiger partial charge in [0, 0.05) is 18.7 Å². The lowest BCUT2D eigenvalue weighted by atomic mass is 10.1. The highest BCUT2D eigenvalue weighted by Gasteiger charge is 2.19. The maximum absolute atomic E-state index is 12.1. The highest BCUT2D eigenvalue weighted by atomic mass is 16.2. The summed E-state index contributed by atoms with van der Waals surface area (Å²) in [5.74, 6) is -0.165. The molecule has 2 amide bonds. The normalized spacial score (nSPS) is 11.8. The average Bonchev–Trinajstić information content (AvgIpc) is 2.47. The van der Waals surface area contributed by atoms with Gasteiger partial charge in [-0.1, -0.05) is 45.4 Å². The van der Waals surface area contributed by atoms with Gasteiger partial charge >= 0.3 is 0 Å². The molecule has 1 rings (SSSR count). The minimum Gasteiger partial charge on any atom is -0.336 e. The third-order valence-electron chi connectivity index (χ3n) is 3.57. The first-order valence-corrected chi connectivity index (χ1v) is 7.62. The highest BCUT2D eigenvalue weighted by Crippen LogP contribution is 2.15. The Hall–Kier alpha value is -1.84. The number of carbonyl (C=O) groups is 2. The molecular weight excluding hydrogens is 264 g/mol. The maximum atomic E-state index is 12.1. The average molecular weight is 290 g/mol. The van der Waals surface area contributed by atoms with E-state index in [4.69, 9.17) is 0 Å². The Bertz CT molecular complexity index is 485. The lowest BCUT2D eigenvalue weighted by Crippen LogP contribution is -2.38. The van der Waals surface area contributed by atoms with Crippen LogP contribution in [0.25, 0.3) is 0 Å². The van der Waals surface area contributed by atoms with E-state index in [0.29, 0.717) is 0 Å². The second-order valence-electron chi connectivity index (χ2n) is 5.44. The second-order valence-corrected chi connectivity index (χ2v) is 5.44. The van der Waals surface area contributed by atoms with Crippen LogP contribution < -0.4 is 5.32 Å². The molecule has 0 bridgehead atoms. The van der Waals surface area contributed by atoms with E-state index >= 15 is 0 Å². The molecule has 0 fully saturated rings. The smallest absolute Gasteiger partial charge is 0.243 e. The number of nitrogens with zero attached hydrogens (tertiary/aromatic N) is 1. The lowest BCUT2D eigenvalue weighted by molar-refractivity contribution is -0.136. The van der Waals surface area contributed by atoms with Crippen LogP contribution in [0.5, 0.6) is 0 Å². The van der Waals surface area contributed by atoms with Gasteiger partial charge < -0.3 is 10.2 Å². The van der Waals surface area contributed by atoms with Crippen molar-refractivity contribution in [3.8, 4) is 0 Å². The first kappa shape index (κ1) is 17.2. The Morgan fingerprint density at radius 2 is 1.90 bits per heavy atom. The van der Waals surface area contributed by atoms with Crippen LogP contribution in [0.1, 0.15) is 39.2 Å². The Morgan fingerprint density at radius 3 is 2.52 bits per heavy atom. The van der Waals surface area contributed by atoms with Crippen LogP contribution in [0.2, 0.25) is 0 Å². The van der Waals surface area contributed by atoms with E-state index in [1.54, 1.807) is 7.05 Å². The molecule has 1 N–H and O–H groups in total. The van der Waals surface area contributed by atoms with Gasteiger partial charge in [0.25, 0.3) is 0 Å². The molecule has 4 nitrogen and oxygen atoms in total. The fourth-order valence-electron chi connectivity index (χ4n) is 2.37. The summed E-state index contributed by atoms with van der Waals surface area (Å²) in [6.45, 7) is 6.10. The molecule has 0 aliphatic rings. The molecule has 116 valence electrons. The summed E-state index contributed by atoms with van der Waals surface area (Å²) in [4.78, 5) is 25.7. The molecule has 0 saturated heterocycles. The zero-order valence-electron chi connectivity index (χ0n) is 13.5. The van der Waals surface area contributed by atoms with Crippen LogP contribution in [-0.4, -0.2) is 30.3 Å².